The minimum absolute atomic E-state index is 0.0507. The van der Waals surface area contributed by atoms with Gasteiger partial charge in [-0.25, -0.2) is 4.39 Å². The van der Waals surface area contributed by atoms with Gasteiger partial charge >= 0.3 is 5.97 Å². The summed E-state index contributed by atoms with van der Waals surface area (Å²) < 4.78 is 15.2. The van der Waals surface area contributed by atoms with Crippen LogP contribution in [0.4, 0.5) is 4.39 Å². The van der Waals surface area contributed by atoms with Crippen LogP contribution in [-0.2, 0) is 22.6 Å². The zero-order valence-electron chi connectivity index (χ0n) is 15.7. The number of fused-ring (bicyclic) bond motifs is 1. The van der Waals surface area contributed by atoms with Gasteiger partial charge in [0.05, 0.1) is 6.54 Å². The van der Waals surface area contributed by atoms with Crippen molar-refractivity contribution in [3.63, 3.8) is 0 Å². The Morgan fingerprint density at radius 3 is 2.64 bits per heavy atom. The number of hydrogen-bond acceptors (Lipinski definition) is 4. The fourth-order valence-electron chi connectivity index (χ4n) is 4.32. The zero-order chi connectivity index (χ0) is 20.4. The van der Waals surface area contributed by atoms with E-state index in [2.05, 4.69) is 0 Å². The van der Waals surface area contributed by atoms with E-state index in [9.17, 15) is 14.4 Å². The summed E-state index contributed by atoms with van der Waals surface area (Å²) in [5.41, 5.74) is 12.5. The van der Waals surface area contributed by atoms with Crippen LogP contribution in [0.15, 0.2) is 12.1 Å². The fourth-order valence-corrected chi connectivity index (χ4v) is 4.32. The number of carboxylic acids is 1. The summed E-state index contributed by atoms with van der Waals surface area (Å²) in [5.74, 6) is -2.61. The van der Waals surface area contributed by atoms with Gasteiger partial charge in [-0.2, -0.15) is 0 Å². The molecule has 3 rings (SSSR count). The monoisotopic (exact) mass is 391 g/mol. The molecule has 0 aromatic heterocycles. The first-order valence-corrected chi connectivity index (χ1v) is 9.67. The minimum Gasteiger partial charge on any atom is -0.481 e. The van der Waals surface area contributed by atoms with E-state index in [4.69, 9.17) is 16.6 Å². The van der Waals surface area contributed by atoms with Crippen LogP contribution in [-0.4, -0.2) is 39.9 Å². The number of nitrogens with zero attached hydrogens (tertiary/aromatic N) is 1. The molecule has 1 saturated carbocycles. The van der Waals surface area contributed by atoms with E-state index in [1.807, 2.05) is 0 Å². The predicted octanol–water partition coefficient (Wildman–Crippen LogP) is 1.56. The first-order valence-electron chi connectivity index (χ1n) is 9.67. The highest BCUT2D eigenvalue weighted by Crippen LogP contribution is 2.33. The van der Waals surface area contributed by atoms with E-state index in [-0.39, 0.29) is 42.5 Å². The number of carbonyl (C=O) groups is 3. The molecule has 2 amide bonds. The number of carboxylic acid groups (broad SMARTS) is 1. The largest absolute Gasteiger partial charge is 0.481 e. The lowest BCUT2D eigenvalue weighted by Crippen LogP contribution is -2.45. The van der Waals surface area contributed by atoms with Gasteiger partial charge in [0.1, 0.15) is 11.9 Å². The van der Waals surface area contributed by atoms with E-state index in [1.165, 1.54) is 4.90 Å². The van der Waals surface area contributed by atoms with Crippen molar-refractivity contribution >= 4 is 17.8 Å². The van der Waals surface area contributed by atoms with Gasteiger partial charge in [-0.3, -0.25) is 14.4 Å². The Hall–Kier alpha value is -2.48. The maximum atomic E-state index is 15.2. The van der Waals surface area contributed by atoms with Crippen molar-refractivity contribution in [3.05, 3.63) is 34.6 Å². The second-order valence-corrected chi connectivity index (χ2v) is 7.76. The van der Waals surface area contributed by atoms with Crippen LogP contribution < -0.4 is 11.5 Å². The molecule has 0 saturated heterocycles. The van der Waals surface area contributed by atoms with Crippen LogP contribution >= 0.6 is 0 Å². The first-order chi connectivity index (χ1) is 13.3. The highest BCUT2D eigenvalue weighted by molar-refractivity contribution is 6.01. The summed E-state index contributed by atoms with van der Waals surface area (Å²) in [6, 6.07) is 2.17. The number of rotatable bonds is 7. The number of aliphatic carboxylic acids is 1. The Labute approximate surface area is 162 Å². The van der Waals surface area contributed by atoms with Gasteiger partial charge in [0, 0.05) is 23.6 Å². The Morgan fingerprint density at radius 2 is 2.00 bits per heavy atom. The molecule has 28 heavy (non-hydrogen) atoms. The third-order valence-corrected chi connectivity index (χ3v) is 5.93. The van der Waals surface area contributed by atoms with E-state index in [0.29, 0.717) is 12.0 Å². The summed E-state index contributed by atoms with van der Waals surface area (Å²) in [6.45, 7) is -0.0855. The fraction of sp³-hybridized carbons (Fsp3) is 0.550. The van der Waals surface area contributed by atoms with Crippen molar-refractivity contribution in [1.82, 2.24) is 4.90 Å². The molecule has 5 N–H and O–H groups in total. The lowest BCUT2D eigenvalue weighted by Gasteiger charge is -2.28. The average Bonchev–Trinajstić information content (AvgIpc) is 2.96. The zero-order valence-corrected chi connectivity index (χ0v) is 15.7. The van der Waals surface area contributed by atoms with Crippen LogP contribution in [0.25, 0.3) is 0 Å². The number of carbonyl (C=O) groups excluding carboxylic acids is 2. The molecule has 1 unspecified atom stereocenters. The molecule has 7 nitrogen and oxygen atoms in total. The third kappa shape index (κ3) is 4.01. The first kappa shape index (κ1) is 20.3. The number of benzene rings is 1. The molecule has 1 aliphatic carbocycles. The van der Waals surface area contributed by atoms with Crippen molar-refractivity contribution in [2.75, 3.05) is 0 Å². The molecular formula is C20H26FN3O4. The maximum Gasteiger partial charge on any atom is 0.303 e. The number of hydrogen-bond donors (Lipinski definition) is 3. The minimum atomic E-state index is -1.09. The van der Waals surface area contributed by atoms with Crippen molar-refractivity contribution in [2.45, 2.75) is 63.6 Å². The molecule has 0 radical (unpaired) electrons. The van der Waals surface area contributed by atoms with Crippen molar-refractivity contribution < 1.29 is 23.9 Å². The van der Waals surface area contributed by atoms with Crippen molar-refractivity contribution in [2.24, 2.45) is 17.4 Å². The van der Waals surface area contributed by atoms with Crippen LogP contribution in [0.2, 0.25) is 0 Å². The van der Waals surface area contributed by atoms with Crippen molar-refractivity contribution in [3.8, 4) is 0 Å². The summed E-state index contributed by atoms with van der Waals surface area (Å²) in [5, 5.41) is 8.86. The molecule has 3 atom stereocenters. The SMILES string of the molecule is NC(=O)C(CCC(=O)O)N1Cc2c(ccc(C[C@H]3CCCC[C@@H]3N)c2F)C1=O. The van der Waals surface area contributed by atoms with Crippen LogP contribution in [0.3, 0.4) is 0 Å². The van der Waals surface area contributed by atoms with E-state index in [0.717, 1.165) is 25.7 Å². The molecule has 1 heterocycles. The number of amides is 2. The van der Waals surface area contributed by atoms with Gasteiger partial charge in [0.25, 0.3) is 5.91 Å². The molecule has 2 aliphatic rings. The normalized spacial score (nSPS) is 22.8. The molecule has 1 fully saturated rings. The summed E-state index contributed by atoms with van der Waals surface area (Å²) in [6.07, 6.45) is 4.19. The lowest BCUT2D eigenvalue weighted by atomic mass is 9.81. The Balaban J connectivity index is 1.81. The third-order valence-electron chi connectivity index (χ3n) is 5.93. The van der Waals surface area contributed by atoms with Gasteiger partial charge in [-0.05, 0) is 43.2 Å². The topological polar surface area (TPSA) is 127 Å². The van der Waals surface area contributed by atoms with E-state index < -0.39 is 29.6 Å². The van der Waals surface area contributed by atoms with Crippen LogP contribution in [0, 0.1) is 11.7 Å². The molecule has 1 aromatic rings. The second-order valence-electron chi connectivity index (χ2n) is 7.76. The number of primary amides is 1. The standard InChI is InChI=1S/C20H26FN3O4/c21-18-12(9-11-3-1-2-4-15(11)22)5-6-13-14(18)10-24(20(13)28)16(19(23)27)7-8-17(25)26/h5-6,11,15-16H,1-4,7-10,22H2,(H2,23,27)(H,25,26)/t11-,15+,16?/m1/s1. The van der Waals surface area contributed by atoms with Gasteiger partial charge < -0.3 is 21.5 Å². The van der Waals surface area contributed by atoms with Gasteiger partial charge in [-0.1, -0.05) is 18.9 Å². The predicted molar refractivity (Wildman–Crippen MR) is 99.8 cm³/mol. The Bertz CT molecular complexity index is 798. The second kappa shape index (κ2) is 8.26. The molecular weight excluding hydrogens is 365 g/mol. The summed E-state index contributed by atoms with van der Waals surface area (Å²) >= 11 is 0. The number of nitrogens with two attached hydrogens (primary N) is 2. The molecule has 8 heteroatoms. The Kier molecular flexibility index (Phi) is 5.98. The lowest BCUT2D eigenvalue weighted by molar-refractivity contribution is -0.137. The van der Waals surface area contributed by atoms with Gasteiger partial charge in [0.2, 0.25) is 5.91 Å². The summed E-state index contributed by atoms with van der Waals surface area (Å²) in [4.78, 5) is 36.5. The van der Waals surface area contributed by atoms with Crippen molar-refractivity contribution in [1.29, 1.82) is 0 Å². The smallest absolute Gasteiger partial charge is 0.303 e. The number of halogens is 1. The molecule has 1 aliphatic heterocycles. The quantitative estimate of drug-likeness (QED) is 0.650. The average molecular weight is 391 g/mol. The Morgan fingerprint density at radius 1 is 1.29 bits per heavy atom. The maximum absolute atomic E-state index is 15.2. The summed E-state index contributed by atoms with van der Waals surface area (Å²) in [7, 11) is 0. The van der Waals surface area contributed by atoms with Crippen LogP contribution in [0.1, 0.15) is 60.0 Å². The van der Waals surface area contributed by atoms with Crippen LogP contribution in [0.5, 0.6) is 0 Å². The molecule has 152 valence electrons. The molecule has 1 aromatic carbocycles. The van der Waals surface area contributed by atoms with Gasteiger partial charge in [0.15, 0.2) is 0 Å². The highest BCUT2D eigenvalue weighted by Gasteiger charge is 2.38. The molecule has 0 spiro atoms. The van der Waals surface area contributed by atoms with E-state index in [1.54, 1.807) is 12.1 Å². The van der Waals surface area contributed by atoms with Gasteiger partial charge in [-0.15, -0.1) is 0 Å². The molecule has 0 bridgehead atoms. The highest BCUT2D eigenvalue weighted by atomic mass is 19.1. The van der Waals surface area contributed by atoms with E-state index >= 15 is 4.39 Å².